The number of aryl methyl sites for hydroxylation is 1. The molecule has 3 amide bonds. The predicted octanol–water partition coefficient (Wildman–Crippen LogP) is 2.26. The Morgan fingerprint density at radius 2 is 2.11 bits per heavy atom. The van der Waals surface area contributed by atoms with Gasteiger partial charge in [-0.15, -0.1) is 0 Å². The van der Waals surface area contributed by atoms with Crippen molar-refractivity contribution in [3.8, 4) is 0 Å². The fraction of sp³-hybridized carbons (Fsp3) is 0.273. The second-order valence-corrected chi connectivity index (χ2v) is 3.64. The normalized spacial score (nSPS) is 9.22. The topological polar surface area (TPSA) is 107 Å². The van der Waals surface area contributed by atoms with Crippen LogP contribution in [-0.4, -0.2) is 18.5 Å². The number of carbonyl (C=O) groups is 2. The molecule has 1 aromatic carbocycles. The van der Waals surface area contributed by atoms with Crippen molar-refractivity contribution in [2.24, 2.45) is 5.11 Å². The molecule has 0 fully saturated rings. The molecular formula is C11H13N5O2. The fourth-order valence-corrected chi connectivity index (χ4v) is 1.30. The summed E-state index contributed by atoms with van der Waals surface area (Å²) in [5, 5.41) is 7.66. The maximum absolute atomic E-state index is 11.5. The zero-order valence-corrected chi connectivity index (χ0v) is 10.1. The van der Waals surface area contributed by atoms with Gasteiger partial charge in [0.1, 0.15) is 6.54 Å². The van der Waals surface area contributed by atoms with Crippen molar-refractivity contribution in [3.63, 3.8) is 0 Å². The molecule has 0 spiro atoms. The van der Waals surface area contributed by atoms with E-state index >= 15 is 0 Å². The number of nitrogens with one attached hydrogen (secondary N) is 2. The third-order valence-electron chi connectivity index (χ3n) is 2.38. The van der Waals surface area contributed by atoms with E-state index in [-0.39, 0.29) is 0 Å². The number of rotatable bonds is 3. The number of hydrogen-bond acceptors (Lipinski definition) is 3. The molecule has 7 heteroatoms. The van der Waals surface area contributed by atoms with E-state index in [1.165, 1.54) is 0 Å². The minimum atomic E-state index is -0.657. The van der Waals surface area contributed by atoms with Crippen molar-refractivity contribution in [1.29, 1.82) is 0 Å². The lowest BCUT2D eigenvalue weighted by atomic mass is 10.1. The first-order chi connectivity index (χ1) is 8.54. The van der Waals surface area contributed by atoms with Crippen molar-refractivity contribution in [2.75, 3.05) is 11.9 Å². The van der Waals surface area contributed by atoms with Crippen LogP contribution in [0.4, 0.5) is 10.5 Å². The lowest BCUT2D eigenvalue weighted by Gasteiger charge is -2.10. The Balaban J connectivity index is 2.62. The van der Waals surface area contributed by atoms with Gasteiger partial charge >= 0.3 is 6.03 Å². The quantitative estimate of drug-likeness (QED) is 0.485. The fourth-order valence-electron chi connectivity index (χ4n) is 1.30. The first-order valence-electron chi connectivity index (χ1n) is 5.22. The third kappa shape index (κ3) is 3.80. The van der Waals surface area contributed by atoms with E-state index in [4.69, 9.17) is 5.53 Å². The highest BCUT2D eigenvalue weighted by molar-refractivity contribution is 6.02. The summed E-state index contributed by atoms with van der Waals surface area (Å²) in [6.07, 6.45) is 0. The highest BCUT2D eigenvalue weighted by Crippen LogP contribution is 2.17. The summed E-state index contributed by atoms with van der Waals surface area (Å²) < 4.78 is 0. The number of amides is 3. The maximum Gasteiger partial charge on any atom is 0.325 e. The van der Waals surface area contributed by atoms with Crippen molar-refractivity contribution in [1.82, 2.24) is 5.32 Å². The van der Waals surface area contributed by atoms with Crippen molar-refractivity contribution in [2.45, 2.75) is 13.8 Å². The molecule has 1 rings (SSSR count). The number of imide groups is 1. The predicted molar refractivity (Wildman–Crippen MR) is 67.1 cm³/mol. The van der Waals surface area contributed by atoms with Gasteiger partial charge < -0.3 is 5.32 Å². The standard InChI is InChI=1S/C11H13N5O2/c1-7-4-3-5-9(8(7)2)14-11(18)15-10(17)6-13-16-12/h3-5H,6H2,1-2H3,(H2,14,15,17,18). The van der Waals surface area contributed by atoms with Gasteiger partial charge in [-0.3, -0.25) is 10.1 Å². The van der Waals surface area contributed by atoms with Gasteiger partial charge in [-0.05, 0) is 36.6 Å². The van der Waals surface area contributed by atoms with Crippen LogP contribution in [0.25, 0.3) is 10.4 Å². The summed E-state index contributed by atoms with van der Waals surface area (Å²) >= 11 is 0. The molecule has 0 atom stereocenters. The van der Waals surface area contributed by atoms with Crippen LogP contribution in [0, 0.1) is 13.8 Å². The number of benzene rings is 1. The van der Waals surface area contributed by atoms with Crippen LogP contribution < -0.4 is 10.6 Å². The average molecular weight is 247 g/mol. The Kier molecular flexibility index (Phi) is 4.71. The van der Waals surface area contributed by atoms with E-state index in [0.717, 1.165) is 11.1 Å². The van der Waals surface area contributed by atoms with E-state index < -0.39 is 18.5 Å². The summed E-state index contributed by atoms with van der Waals surface area (Å²) in [6.45, 7) is 3.38. The van der Waals surface area contributed by atoms with Crippen LogP contribution in [0.15, 0.2) is 23.3 Å². The Morgan fingerprint density at radius 1 is 1.39 bits per heavy atom. The van der Waals surface area contributed by atoms with Crippen LogP contribution in [0.5, 0.6) is 0 Å². The maximum atomic E-state index is 11.5. The second kappa shape index (κ2) is 6.27. The van der Waals surface area contributed by atoms with Gasteiger partial charge in [0.15, 0.2) is 0 Å². The number of urea groups is 1. The molecule has 0 saturated carbocycles. The van der Waals surface area contributed by atoms with E-state index in [1.54, 1.807) is 12.1 Å². The van der Waals surface area contributed by atoms with Gasteiger partial charge in [0.2, 0.25) is 5.91 Å². The molecule has 2 N–H and O–H groups in total. The smallest absolute Gasteiger partial charge is 0.307 e. The number of hydrogen-bond donors (Lipinski definition) is 2. The SMILES string of the molecule is Cc1cccc(NC(=O)NC(=O)CN=[N+]=[N-])c1C. The zero-order valence-electron chi connectivity index (χ0n) is 10.1. The Hall–Kier alpha value is -2.53. The highest BCUT2D eigenvalue weighted by Gasteiger charge is 2.08. The number of carbonyl (C=O) groups excluding carboxylic acids is 2. The van der Waals surface area contributed by atoms with Crippen LogP contribution in [-0.2, 0) is 4.79 Å². The molecule has 0 bridgehead atoms. The summed E-state index contributed by atoms with van der Waals surface area (Å²) in [6, 6.07) is 4.81. The van der Waals surface area contributed by atoms with Crippen molar-refractivity contribution >= 4 is 17.6 Å². The Bertz CT molecular complexity index is 520. The zero-order chi connectivity index (χ0) is 13.5. The van der Waals surface area contributed by atoms with Gasteiger partial charge in [0, 0.05) is 10.6 Å². The van der Waals surface area contributed by atoms with Gasteiger partial charge in [-0.1, -0.05) is 17.2 Å². The van der Waals surface area contributed by atoms with Crippen molar-refractivity contribution < 1.29 is 9.59 Å². The van der Waals surface area contributed by atoms with Crippen LogP contribution >= 0.6 is 0 Å². The molecule has 18 heavy (non-hydrogen) atoms. The largest absolute Gasteiger partial charge is 0.325 e. The number of anilines is 1. The molecule has 0 aromatic heterocycles. The number of azide groups is 1. The summed E-state index contributed by atoms with van der Waals surface area (Å²) in [7, 11) is 0. The van der Waals surface area contributed by atoms with Crippen molar-refractivity contribution in [3.05, 3.63) is 39.8 Å². The van der Waals surface area contributed by atoms with Crippen LogP contribution in [0.2, 0.25) is 0 Å². The molecule has 0 heterocycles. The lowest BCUT2D eigenvalue weighted by Crippen LogP contribution is -2.35. The molecule has 0 aliphatic rings. The molecular weight excluding hydrogens is 234 g/mol. The van der Waals surface area contributed by atoms with Gasteiger partial charge in [-0.2, -0.15) is 0 Å². The summed E-state index contributed by atoms with van der Waals surface area (Å²) in [4.78, 5) is 25.0. The Morgan fingerprint density at radius 3 is 2.78 bits per heavy atom. The number of nitrogens with zero attached hydrogens (tertiary/aromatic N) is 3. The monoisotopic (exact) mass is 247 g/mol. The van der Waals surface area contributed by atoms with Crippen LogP contribution in [0.1, 0.15) is 11.1 Å². The first kappa shape index (κ1) is 13.5. The van der Waals surface area contributed by atoms with E-state index in [0.29, 0.717) is 5.69 Å². The molecule has 0 aliphatic heterocycles. The third-order valence-corrected chi connectivity index (χ3v) is 2.38. The molecule has 0 radical (unpaired) electrons. The molecule has 0 unspecified atom stereocenters. The van der Waals surface area contributed by atoms with E-state index in [1.807, 2.05) is 19.9 Å². The summed E-state index contributed by atoms with van der Waals surface area (Å²) in [5.74, 6) is -0.657. The van der Waals surface area contributed by atoms with Gasteiger partial charge in [-0.25, -0.2) is 4.79 Å². The van der Waals surface area contributed by atoms with Gasteiger partial charge in [0.25, 0.3) is 0 Å². The average Bonchev–Trinajstić information content (AvgIpc) is 2.32. The molecule has 0 saturated heterocycles. The minimum absolute atomic E-state index is 0.406. The van der Waals surface area contributed by atoms with Crippen LogP contribution in [0.3, 0.4) is 0 Å². The lowest BCUT2D eigenvalue weighted by molar-refractivity contribution is -0.118. The molecule has 1 aromatic rings. The van der Waals surface area contributed by atoms with Gasteiger partial charge in [0.05, 0.1) is 0 Å². The first-order valence-corrected chi connectivity index (χ1v) is 5.22. The minimum Gasteiger partial charge on any atom is -0.307 e. The Labute approximate surface area is 104 Å². The molecule has 0 aliphatic carbocycles. The molecule has 7 nitrogen and oxygen atoms in total. The highest BCUT2D eigenvalue weighted by atomic mass is 16.2. The van der Waals surface area contributed by atoms with E-state index in [2.05, 4.69) is 20.7 Å². The summed E-state index contributed by atoms with van der Waals surface area (Å²) in [5.41, 5.74) is 10.6. The molecule has 94 valence electrons. The van der Waals surface area contributed by atoms with E-state index in [9.17, 15) is 9.59 Å². The second-order valence-electron chi connectivity index (χ2n) is 3.64.